The van der Waals surface area contributed by atoms with Crippen molar-refractivity contribution < 1.29 is 19.7 Å². The second kappa shape index (κ2) is 8.57. The van der Waals surface area contributed by atoms with Gasteiger partial charge in [0.1, 0.15) is 11.5 Å². The first kappa shape index (κ1) is 22.1. The number of methoxy groups -OCH3 is 2. The SMILES string of the molecule is COc1ccc(C(c2c(O)c3ccccc3[nH]c2=O)c2c(O)c3ccccc3[nH]c2=O)cc1OC. The third kappa shape index (κ3) is 3.56. The molecule has 3 aromatic carbocycles. The average Bonchev–Trinajstić information content (AvgIpc) is 2.87. The van der Waals surface area contributed by atoms with Crippen LogP contribution in [0.1, 0.15) is 22.6 Å². The van der Waals surface area contributed by atoms with Gasteiger partial charge in [-0.1, -0.05) is 30.3 Å². The fourth-order valence-electron chi connectivity index (χ4n) is 4.53. The summed E-state index contributed by atoms with van der Waals surface area (Å²) in [4.78, 5) is 32.2. The van der Waals surface area contributed by atoms with E-state index in [-0.39, 0.29) is 22.6 Å². The zero-order chi connectivity index (χ0) is 24.7. The van der Waals surface area contributed by atoms with Crippen molar-refractivity contribution in [3.8, 4) is 23.0 Å². The topological polar surface area (TPSA) is 125 Å². The van der Waals surface area contributed by atoms with Gasteiger partial charge < -0.3 is 29.7 Å². The molecule has 0 atom stereocenters. The lowest BCUT2D eigenvalue weighted by Crippen LogP contribution is -2.24. The number of benzene rings is 3. The molecule has 0 amide bonds. The summed E-state index contributed by atoms with van der Waals surface area (Å²) in [6.07, 6.45) is 0. The van der Waals surface area contributed by atoms with Crippen LogP contribution in [0.5, 0.6) is 23.0 Å². The Kier molecular flexibility index (Phi) is 5.41. The summed E-state index contributed by atoms with van der Waals surface area (Å²) in [5.74, 6) is -0.879. The number of rotatable bonds is 5. The molecule has 8 heteroatoms. The highest BCUT2D eigenvalue weighted by Crippen LogP contribution is 2.43. The number of hydrogen-bond acceptors (Lipinski definition) is 6. The number of aromatic amines is 2. The highest BCUT2D eigenvalue weighted by molar-refractivity contribution is 5.88. The first-order chi connectivity index (χ1) is 16.9. The van der Waals surface area contributed by atoms with E-state index < -0.39 is 17.0 Å². The molecule has 35 heavy (non-hydrogen) atoms. The highest BCUT2D eigenvalue weighted by atomic mass is 16.5. The van der Waals surface area contributed by atoms with Crippen LogP contribution < -0.4 is 20.6 Å². The first-order valence-corrected chi connectivity index (χ1v) is 10.8. The molecule has 2 heterocycles. The number of nitrogens with one attached hydrogen (secondary N) is 2. The molecule has 0 aliphatic heterocycles. The normalized spacial score (nSPS) is 11.3. The lowest BCUT2D eigenvalue weighted by atomic mass is 9.84. The zero-order valence-electron chi connectivity index (χ0n) is 19.0. The zero-order valence-corrected chi connectivity index (χ0v) is 19.0. The van der Waals surface area contributed by atoms with E-state index in [1.165, 1.54) is 14.2 Å². The standard InChI is InChI=1S/C27H22N2O6/c1-34-19-12-11-14(13-20(19)35-2)21(22-24(30)15-7-3-5-9-17(15)28-26(22)32)23-25(31)16-8-4-6-10-18(16)29-27(23)33/h3-13,21H,1-2H3,(H2,28,30,32)(H2,29,31,33). The Morgan fingerprint density at radius 3 is 1.66 bits per heavy atom. The molecular formula is C27H22N2O6. The van der Waals surface area contributed by atoms with E-state index in [1.54, 1.807) is 66.7 Å². The van der Waals surface area contributed by atoms with Crippen LogP contribution in [0.2, 0.25) is 0 Å². The summed E-state index contributed by atoms with van der Waals surface area (Å²) >= 11 is 0. The lowest BCUT2D eigenvalue weighted by molar-refractivity contribution is 0.354. The molecule has 0 saturated heterocycles. The van der Waals surface area contributed by atoms with Gasteiger partial charge in [-0.25, -0.2) is 0 Å². The number of ether oxygens (including phenoxy) is 2. The van der Waals surface area contributed by atoms with Gasteiger partial charge in [-0.3, -0.25) is 9.59 Å². The molecule has 0 bridgehead atoms. The third-order valence-electron chi connectivity index (χ3n) is 6.18. The molecule has 4 N–H and O–H groups in total. The number of hydrogen-bond donors (Lipinski definition) is 4. The molecule has 0 aliphatic rings. The van der Waals surface area contributed by atoms with E-state index in [4.69, 9.17) is 9.47 Å². The number of aromatic nitrogens is 2. The van der Waals surface area contributed by atoms with Crippen molar-refractivity contribution in [1.82, 2.24) is 9.97 Å². The number of fused-ring (bicyclic) bond motifs is 2. The van der Waals surface area contributed by atoms with Gasteiger partial charge in [0, 0.05) is 10.8 Å². The van der Waals surface area contributed by atoms with Crippen LogP contribution >= 0.6 is 0 Å². The van der Waals surface area contributed by atoms with Crippen LogP contribution in [0.4, 0.5) is 0 Å². The maximum Gasteiger partial charge on any atom is 0.256 e. The molecule has 0 spiro atoms. The van der Waals surface area contributed by atoms with Crippen LogP contribution in [-0.2, 0) is 0 Å². The molecule has 5 rings (SSSR count). The second-order valence-electron chi connectivity index (χ2n) is 8.07. The molecule has 0 aliphatic carbocycles. The van der Waals surface area contributed by atoms with E-state index in [9.17, 15) is 19.8 Å². The van der Waals surface area contributed by atoms with E-state index >= 15 is 0 Å². The second-order valence-corrected chi connectivity index (χ2v) is 8.07. The van der Waals surface area contributed by atoms with E-state index in [1.807, 2.05) is 0 Å². The Hall–Kier alpha value is -4.72. The summed E-state index contributed by atoms with van der Waals surface area (Å²) in [5.41, 5.74) is -0.00221. The number of pyridine rings is 2. The van der Waals surface area contributed by atoms with Gasteiger partial charge in [-0.05, 0) is 42.0 Å². The smallest absolute Gasteiger partial charge is 0.256 e. The quantitative estimate of drug-likeness (QED) is 0.308. The number of H-pyrrole nitrogens is 2. The van der Waals surface area contributed by atoms with Crippen LogP contribution in [0, 0.1) is 0 Å². The van der Waals surface area contributed by atoms with Crippen molar-refractivity contribution in [2.24, 2.45) is 0 Å². The van der Waals surface area contributed by atoms with Crippen molar-refractivity contribution in [1.29, 1.82) is 0 Å². The Morgan fingerprint density at radius 2 is 1.17 bits per heavy atom. The Morgan fingerprint density at radius 1 is 0.686 bits per heavy atom. The summed E-state index contributed by atoms with van der Waals surface area (Å²) in [7, 11) is 2.96. The predicted octanol–water partition coefficient (Wildman–Crippen LogP) is 3.98. The molecule has 8 nitrogen and oxygen atoms in total. The monoisotopic (exact) mass is 470 g/mol. The van der Waals surface area contributed by atoms with E-state index in [0.29, 0.717) is 38.9 Å². The van der Waals surface area contributed by atoms with Crippen LogP contribution in [0.3, 0.4) is 0 Å². The highest BCUT2D eigenvalue weighted by Gasteiger charge is 2.31. The average molecular weight is 470 g/mol. The van der Waals surface area contributed by atoms with Crippen molar-refractivity contribution in [2.45, 2.75) is 5.92 Å². The first-order valence-electron chi connectivity index (χ1n) is 10.8. The van der Waals surface area contributed by atoms with Gasteiger partial charge in [0.25, 0.3) is 11.1 Å². The maximum absolute atomic E-state index is 13.3. The summed E-state index contributed by atoms with van der Waals surface area (Å²) < 4.78 is 10.8. The van der Waals surface area contributed by atoms with Crippen LogP contribution in [-0.4, -0.2) is 34.4 Å². The largest absolute Gasteiger partial charge is 0.507 e. The molecule has 0 saturated carbocycles. The van der Waals surface area contributed by atoms with Crippen molar-refractivity contribution in [3.63, 3.8) is 0 Å². The van der Waals surface area contributed by atoms with Crippen LogP contribution in [0.15, 0.2) is 76.3 Å². The minimum Gasteiger partial charge on any atom is -0.507 e. The molecule has 2 aromatic heterocycles. The van der Waals surface area contributed by atoms with Crippen LogP contribution in [0.25, 0.3) is 21.8 Å². The number of aromatic hydroxyl groups is 2. The minimum atomic E-state index is -1.13. The Balaban J connectivity index is 1.91. The van der Waals surface area contributed by atoms with Crippen molar-refractivity contribution in [3.05, 3.63) is 104 Å². The van der Waals surface area contributed by atoms with Gasteiger partial charge in [-0.2, -0.15) is 0 Å². The molecule has 5 aromatic rings. The number of para-hydroxylation sites is 2. The van der Waals surface area contributed by atoms with E-state index in [0.717, 1.165) is 0 Å². The molecule has 0 fully saturated rings. The lowest BCUT2D eigenvalue weighted by Gasteiger charge is -2.22. The molecular weight excluding hydrogens is 448 g/mol. The molecule has 0 unspecified atom stereocenters. The summed E-state index contributed by atoms with van der Waals surface area (Å²) in [6.45, 7) is 0. The fraction of sp³-hybridized carbons (Fsp3) is 0.111. The van der Waals surface area contributed by atoms with Gasteiger partial charge in [-0.15, -0.1) is 0 Å². The molecule has 176 valence electrons. The Labute approximate surface area is 199 Å². The maximum atomic E-state index is 13.3. The third-order valence-corrected chi connectivity index (χ3v) is 6.18. The van der Waals surface area contributed by atoms with E-state index in [2.05, 4.69) is 9.97 Å². The van der Waals surface area contributed by atoms with Gasteiger partial charge in [0.05, 0.1) is 42.3 Å². The predicted molar refractivity (Wildman–Crippen MR) is 133 cm³/mol. The summed E-state index contributed by atoms with van der Waals surface area (Å²) in [6, 6.07) is 18.5. The minimum absolute atomic E-state index is 0.0769. The van der Waals surface area contributed by atoms with Gasteiger partial charge >= 0.3 is 0 Å². The molecule has 0 radical (unpaired) electrons. The van der Waals surface area contributed by atoms with Crippen molar-refractivity contribution >= 4 is 21.8 Å². The van der Waals surface area contributed by atoms with Crippen molar-refractivity contribution in [2.75, 3.05) is 14.2 Å². The fourth-order valence-corrected chi connectivity index (χ4v) is 4.53. The van der Waals surface area contributed by atoms with Gasteiger partial charge in [0.2, 0.25) is 0 Å². The van der Waals surface area contributed by atoms with Gasteiger partial charge in [0.15, 0.2) is 11.5 Å². The summed E-state index contributed by atoms with van der Waals surface area (Å²) in [5, 5.41) is 23.4. The Bertz CT molecular complexity index is 1600.